The average Bonchev–Trinajstić information content (AvgIpc) is 2.73. The van der Waals surface area contributed by atoms with Crippen LogP contribution < -0.4 is 0 Å². The Morgan fingerprint density at radius 3 is 2.59 bits per heavy atom. The van der Waals surface area contributed by atoms with Crippen LogP contribution >= 0.6 is 0 Å². The molecule has 0 N–H and O–H groups in total. The van der Waals surface area contributed by atoms with Gasteiger partial charge < -0.3 is 9.64 Å². The highest BCUT2D eigenvalue weighted by Crippen LogP contribution is 2.34. The lowest BCUT2D eigenvalue weighted by Crippen LogP contribution is -2.31. The normalized spacial score (nSPS) is 30.1. The van der Waals surface area contributed by atoms with E-state index in [0.29, 0.717) is 6.10 Å². The molecule has 1 aliphatic heterocycles. The number of hydrogen-bond donors (Lipinski definition) is 0. The predicted molar refractivity (Wildman–Crippen MR) is 74.3 cm³/mol. The largest absolute Gasteiger partial charge is 0.381 e. The minimum atomic E-state index is 0.331. The lowest BCUT2D eigenvalue weighted by atomic mass is 9.85. The molecule has 1 aliphatic carbocycles. The van der Waals surface area contributed by atoms with Crippen molar-refractivity contribution in [2.75, 3.05) is 20.7 Å². The highest BCUT2D eigenvalue weighted by atomic mass is 16.5. The highest BCUT2D eigenvalue weighted by Gasteiger charge is 2.32. The summed E-state index contributed by atoms with van der Waals surface area (Å²) in [7, 11) is 3.99. The van der Waals surface area contributed by atoms with Gasteiger partial charge in [0, 0.05) is 13.2 Å². The first-order valence-electron chi connectivity index (χ1n) is 7.03. The van der Waals surface area contributed by atoms with E-state index in [1.54, 1.807) is 7.11 Å². The zero-order valence-corrected chi connectivity index (χ0v) is 11.8. The summed E-state index contributed by atoms with van der Waals surface area (Å²) in [6, 6.07) is 0.966. The first-order valence-corrected chi connectivity index (χ1v) is 7.03. The Morgan fingerprint density at radius 2 is 2.06 bits per heavy atom. The summed E-state index contributed by atoms with van der Waals surface area (Å²) in [4.78, 5) is 2.56. The van der Waals surface area contributed by atoms with Crippen LogP contribution in [0.5, 0.6) is 0 Å². The summed E-state index contributed by atoms with van der Waals surface area (Å²) in [5.74, 6) is 1.07. The maximum absolute atomic E-state index is 4.92. The van der Waals surface area contributed by atoms with Gasteiger partial charge in [-0.05, 0) is 52.1 Å². The number of fused-ring (bicyclic) bond motifs is 1. The number of hydrogen-bond acceptors (Lipinski definition) is 2. The Morgan fingerprint density at radius 1 is 1.35 bits per heavy atom. The maximum Gasteiger partial charge on any atom is 0.0577 e. The van der Waals surface area contributed by atoms with Crippen LogP contribution in [0.1, 0.15) is 45.4 Å². The van der Waals surface area contributed by atoms with Gasteiger partial charge >= 0.3 is 0 Å². The molecule has 100 valence electrons. The van der Waals surface area contributed by atoms with Crippen molar-refractivity contribution in [1.29, 1.82) is 0 Å². The van der Waals surface area contributed by atoms with E-state index < -0.39 is 0 Å². The van der Waals surface area contributed by atoms with Gasteiger partial charge in [0.2, 0.25) is 0 Å². The van der Waals surface area contributed by atoms with Crippen molar-refractivity contribution < 1.29 is 4.74 Å². The second-order valence-electron chi connectivity index (χ2n) is 5.45. The highest BCUT2D eigenvalue weighted by molar-refractivity contribution is 4.87. The third-order valence-corrected chi connectivity index (χ3v) is 4.19. The quantitative estimate of drug-likeness (QED) is 0.699. The summed E-state index contributed by atoms with van der Waals surface area (Å²) in [6.45, 7) is 6.94. The van der Waals surface area contributed by atoms with Gasteiger partial charge in [0.1, 0.15) is 0 Å². The van der Waals surface area contributed by atoms with Crippen LogP contribution in [0.25, 0.3) is 0 Å². The summed E-state index contributed by atoms with van der Waals surface area (Å²) in [6.07, 6.45) is 10.6. The molecular formula is C15H29NO. The van der Waals surface area contributed by atoms with E-state index in [2.05, 4.69) is 18.5 Å². The van der Waals surface area contributed by atoms with Crippen molar-refractivity contribution >= 4 is 0 Å². The molecule has 2 nitrogen and oxygen atoms in total. The minimum Gasteiger partial charge on any atom is -0.381 e. The van der Waals surface area contributed by atoms with E-state index in [9.17, 15) is 0 Å². The van der Waals surface area contributed by atoms with Crippen molar-refractivity contribution in [1.82, 2.24) is 4.90 Å². The summed E-state index contributed by atoms with van der Waals surface area (Å²) >= 11 is 0. The molecule has 0 aromatic rings. The number of methoxy groups -OCH3 is 1. The Balaban J connectivity index is 0.000000185. The van der Waals surface area contributed by atoms with Gasteiger partial charge in [-0.2, -0.15) is 0 Å². The summed E-state index contributed by atoms with van der Waals surface area (Å²) < 4.78 is 4.92. The molecular weight excluding hydrogens is 210 g/mol. The van der Waals surface area contributed by atoms with Gasteiger partial charge in [-0.1, -0.05) is 18.9 Å². The van der Waals surface area contributed by atoms with Crippen LogP contribution in [0.4, 0.5) is 0 Å². The third-order valence-electron chi connectivity index (χ3n) is 4.19. The Hall–Kier alpha value is -0.340. The van der Waals surface area contributed by atoms with Crippen LogP contribution in [0.2, 0.25) is 0 Å². The Kier molecular flexibility index (Phi) is 6.83. The maximum atomic E-state index is 4.92. The van der Waals surface area contributed by atoms with Gasteiger partial charge in [-0.25, -0.2) is 0 Å². The van der Waals surface area contributed by atoms with E-state index in [0.717, 1.165) is 18.4 Å². The molecule has 0 bridgehead atoms. The second kappa shape index (κ2) is 7.88. The topological polar surface area (TPSA) is 12.5 Å². The molecule has 2 heteroatoms. The molecule has 0 spiro atoms. The van der Waals surface area contributed by atoms with Crippen molar-refractivity contribution in [3.05, 3.63) is 12.7 Å². The zero-order chi connectivity index (χ0) is 12.7. The van der Waals surface area contributed by atoms with Crippen molar-refractivity contribution in [3.8, 4) is 0 Å². The smallest absolute Gasteiger partial charge is 0.0577 e. The molecule has 17 heavy (non-hydrogen) atoms. The van der Waals surface area contributed by atoms with Gasteiger partial charge in [-0.15, -0.1) is 6.58 Å². The lowest BCUT2D eigenvalue weighted by Gasteiger charge is -2.28. The fourth-order valence-corrected chi connectivity index (χ4v) is 2.97. The molecule has 1 saturated carbocycles. The number of likely N-dealkylation sites (tertiary alicyclic amines) is 1. The molecule has 1 saturated heterocycles. The van der Waals surface area contributed by atoms with Gasteiger partial charge in [-0.3, -0.25) is 0 Å². The Bertz CT molecular complexity index is 215. The van der Waals surface area contributed by atoms with E-state index in [1.165, 1.54) is 38.6 Å². The first kappa shape index (κ1) is 14.7. The number of ether oxygens (including phenoxy) is 1. The zero-order valence-electron chi connectivity index (χ0n) is 11.8. The molecule has 0 amide bonds. The standard InChI is InChI=1S/C9H17N.C6H12O/c1-10-7-6-8-4-2-3-5-9(8)10;1-4-5-6(2)7-3/h8-9H,2-7H2,1H3;4,6H,1,5H2,2-3H3. The van der Waals surface area contributed by atoms with Crippen LogP contribution in [0.15, 0.2) is 12.7 Å². The van der Waals surface area contributed by atoms with Crippen LogP contribution in [0, 0.1) is 5.92 Å². The van der Waals surface area contributed by atoms with Crippen molar-refractivity contribution in [3.63, 3.8) is 0 Å². The molecule has 0 radical (unpaired) electrons. The van der Waals surface area contributed by atoms with E-state index in [1.807, 2.05) is 13.0 Å². The lowest BCUT2D eigenvalue weighted by molar-refractivity contribution is 0.121. The molecule has 2 aliphatic rings. The third kappa shape index (κ3) is 4.81. The van der Waals surface area contributed by atoms with Gasteiger partial charge in [0.05, 0.1) is 6.10 Å². The summed E-state index contributed by atoms with van der Waals surface area (Å²) in [5, 5.41) is 0. The van der Waals surface area contributed by atoms with E-state index in [-0.39, 0.29) is 0 Å². The molecule has 3 unspecified atom stereocenters. The first-order chi connectivity index (χ1) is 8.19. The molecule has 0 aromatic carbocycles. The predicted octanol–water partition coefficient (Wildman–Crippen LogP) is 3.48. The van der Waals surface area contributed by atoms with Crippen molar-refractivity contribution in [2.24, 2.45) is 5.92 Å². The number of rotatable bonds is 3. The molecule has 2 rings (SSSR count). The molecule has 1 heterocycles. The van der Waals surface area contributed by atoms with Crippen LogP contribution in [0.3, 0.4) is 0 Å². The molecule has 2 fully saturated rings. The van der Waals surface area contributed by atoms with E-state index in [4.69, 9.17) is 4.74 Å². The minimum absolute atomic E-state index is 0.331. The van der Waals surface area contributed by atoms with Crippen LogP contribution in [-0.4, -0.2) is 37.7 Å². The average molecular weight is 239 g/mol. The van der Waals surface area contributed by atoms with E-state index >= 15 is 0 Å². The fourth-order valence-electron chi connectivity index (χ4n) is 2.97. The second-order valence-corrected chi connectivity index (χ2v) is 5.45. The monoisotopic (exact) mass is 239 g/mol. The Labute approximate surface area is 107 Å². The van der Waals surface area contributed by atoms with Crippen molar-refractivity contribution in [2.45, 2.75) is 57.6 Å². The number of nitrogens with zero attached hydrogens (tertiary/aromatic N) is 1. The van der Waals surface area contributed by atoms with Gasteiger partial charge in [0.25, 0.3) is 0 Å². The molecule has 0 aromatic heterocycles. The van der Waals surface area contributed by atoms with Crippen LogP contribution in [-0.2, 0) is 4.74 Å². The van der Waals surface area contributed by atoms with Gasteiger partial charge in [0.15, 0.2) is 0 Å². The SMILES string of the molecule is C=CCC(C)OC.CN1CCC2CCCCC21. The summed E-state index contributed by atoms with van der Waals surface area (Å²) in [5.41, 5.74) is 0. The molecule has 3 atom stereocenters. The fraction of sp³-hybridized carbons (Fsp3) is 0.867.